The molecular weight excluding hydrogens is 456 g/mol. The van der Waals surface area contributed by atoms with Crippen LogP contribution in [0.25, 0.3) is 11.1 Å². The van der Waals surface area contributed by atoms with Crippen molar-refractivity contribution in [1.82, 2.24) is 9.88 Å². The van der Waals surface area contributed by atoms with Gasteiger partial charge in [0, 0.05) is 17.6 Å². The number of carbonyl (C=O) groups is 1. The number of benzene rings is 2. The molecule has 0 aliphatic carbocycles. The van der Waals surface area contributed by atoms with Crippen molar-refractivity contribution in [3.05, 3.63) is 58.6 Å². The van der Waals surface area contributed by atoms with E-state index in [1.54, 1.807) is 0 Å². The molecule has 0 bridgehead atoms. The van der Waals surface area contributed by atoms with Crippen LogP contribution in [0.2, 0.25) is 0 Å². The Bertz CT molecular complexity index is 1000. The minimum atomic E-state index is -0.317. The van der Waals surface area contributed by atoms with E-state index in [9.17, 15) is 4.79 Å². The number of piperidine rings is 1. The van der Waals surface area contributed by atoms with Crippen LogP contribution in [0.1, 0.15) is 37.7 Å². The van der Waals surface area contributed by atoms with E-state index < -0.39 is 0 Å². The maximum atomic E-state index is 11.5. The highest BCUT2D eigenvalue weighted by Crippen LogP contribution is 2.29. The van der Waals surface area contributed by atoms with Crippen LogP contribution in [0.3, 0.4) is 0 Å². The monoisotopic (exact) mass is 484 g/mol. The number of likely N-dealkylation sites (tertiary alicyclic amines) is 1. The van der Waals surface area contributed by atoms with Crippen LogP contribution in [0.4, 0.5) is 6.01 Å². The second kappa shape index (κ2) is 10.3. The van der Waals surface area contributed by atoms with Crippen molar-refractivity contribution in [3.8, 4) is 0 Å². The number of primary amides is 1. The van der Waals surface area contributed by atoms with E-state index in [1.807, 2.05) is 23.1 Å². The van der Waals surface area contributed by atoms with Gasteiger partial charge in [0.15, 0.2) is 5.58 Å². The van der Waals surface area contributed by atoms with Gasteiger partial charge in [0.1, 0.15) is 11.6 Å². The van der Waals surface area contributed by atoms with E-state index >= 15 is 0 Å². The van der Waals surface area contributed by atoms with Crippen LogP contribution in [0.15, 0.2) is 57.4 Å². The van der Waals surface area contributed by atoms with Gasteiger partial charge in [-0.1, -0.05) is 46.3 Å². The summed E-state index contributed by atoms with van der Waals surface area (Å²) in [5, 5.41) is 0. The van der Waals surface area contributed by atoms with Crippen LogP contribution < -0.4 is 10.6 Å². The van der Waals surface area contributed by atoms with Gasteiger partial charge in [-0.3, -0.25) is 9.69 Å². The Morgan fingerprint density at radius 1 is 1.06 bits per heavy atom. The Labute approximate surface area is 191 Å². The zero-order valence-corrected chi connectivity index (χ0v) is 19.3. The molecule has 1 amide bonds. The number of amides is 1. The standard InChI is InChI=1S/C13H14BrN3O2.C11H15N/c14-8-4-5-9-11(7-8)19-13(16-9)17-6-2-1-3-10(17)12(15)18;1-2-6-11(7-3-1)10-12-8-4-5-9-12/h4-5,7,10H,1-3,6H2,(H2,15,18);1-3,6-7H,4-5,8-10H2. The molecule has 2 aromatic carbocycles. The van der Waals surface area contributed by atoms with Gasteiger partial charge in [0.05, 0.1) is 0 Å². The van der Waals surface area contributed by atoms with E-state index in [-0.39, 0.29) is 11.9 Å². The lowest BCUT2D eigenvalue weighted by molar-refractivity contribution is -0.119. The highest BCUT2D eigenvalue weighted by Gasteiger charge is 2.30. The summed E-state index contributed by atoms with van der Waals surface area (Å²) in [5.74, 6) is -0.317. The van der Waals surface area contributed by atoms with E-state index in [2.05, 4.69) is 56.1 Å². The number of hydrogen-bond donors (Lipinski definition) is 1. The summed E-state index contributed by atoms with van der Waals surface area (Å²) in [6, 6.07) is 16.6. The molecule has 0 radical (unpaired) electrons. The van der Waals surface area contributed by atoms with Crippen LogP contribution in [-0.4, -0.2) is 41.5 Å². The number of nitrogens with two attached hydrogens (primary N) is 1. The van der Waals surface area contributed by atoms with Crippen molar-refractivity contribution in [3.63, 3.8) is 0 Å². The molecule has 1 unspecified atom stereocenters. The fourth-order valence-electron chi connectivity index (χ4n) is 4.25. The Hall–Kier alpha value is -2.38. The minimum Gasteiger partial charge on any atom is -0.423 e. The smallest absolute Gasteiger partial charge is 0.299 e. The molecule has 31 heavy (non-hydrogen) atoms. The van der Waals surface area contributed by atoms with Crippen LogP contribution in [0, 0.1) is 0 Å². The molecule has 7 heteroatoms. The summed E-state index contributed by atoms with van der Waals surface area (Å²) in [6.45, 7) is 4.46. The van der Waals surface area contributed by atoms with Crippen molar-refractivity contribution in [2.75, 3.05) is 24.5 Å². The van der Waals surface area contributed by atoms with Gasteiger partial charge in [-0.05, 0) is 69.0 Å². The number of aromatic nitrogens is 1. The highest BCUT2D eigenvalue weighted by molar-refractivity contribution is 9.10. The molecule has 5 rings (SSSR count). The first-order valence-electron chi connectivity index (χ1n) is 11.0. The summed E-state index contributed by atoms with van der Waals surface area (Å²) < 4.78 is 6.68. The van der Waals surface area contributed by atoms with E-state index in [1.165, 1.54) is 31.5 Å². The summed E-state index contributed by atoms with van der Waals surface area (Å²) in [5.41, 5.74) is 8.39. The molecule has 1 atom stereocenters. The second-order valence-electron chi connectivity index (χ2n) is 8.18. The lowest BCUT2D eigenvalue weighted by Gasteiger charge is -2.32. The number of carbonyl (C=O) groups excluding carboxylic acids is 1. The maximum Gasteiger partial charge on any atom is 0.299 e. The van der Waals surface area contributed by atoms with Crippen molar-refractivity contribution in [2.45, 2.75) is 44.7 Å². The Morgan fingerprint density at radius 3 is 2.55 bits per heavy atom. The third-order valence-electron chi connectivity index (χ3n) is 5.86. The molecule has 2 saturated heterocycles. The minimum absolute atomic E-state index is 0.315. The first kappa shape index (κ1) is 21.8. The van der Waals surface area contributed by atoms with Gasteiger partial charge in [-0.2, -0.15) is 4.98 Å². The predicted octanol–water partition coefficient (Wildman–Crippen LogP) is 4.72. The van der Waals surface area contributed by atoms with Crippen LogP contribution in [-0.2, 0) is 11.3 Å². The number of hydrogen-bond acceptors (Lipinski definition) is 5. The summed E-state index contributed by atoms with van der Waals surface area (Å²) in [6.07, 6.45) is 5.56. The Balaban J connectivity index is 0.000000166. The second-order valence-corrected chi connectivity index (χ2v) is 9.10. The van der Waals surface area contributed by atoms with E-state index in [4.69, 9.17) is 10.2 Å². The highest BCUT2D eigenvalue weighted by atomic mass is 79.9. The zero-order valence-electron chi connectivity index (χ0n) is 17.7. The molecule has 2 fully saturated rings. The summed E-state index contributed by atoms with van der Waals surface area (Å²) in [4.78, 5) is 20.3. The first-order chi connectivity index (χ1) is 15.1. The molecule has 0 saturated carbocycles. The lowest BCUT2D eigenvalue weighted by atomic mass is 10.0. The van der Waals surface area contributed by atoms with Gasteiger partial charge in [-0.15, -0.1) is 0 Å². The Morgan fingerprint density at radius 2 is 1.81 bits per heavy atom. The van der Waals surface area contributed by atoms with Crippen molar-refractivity contribution >= 4 is 39.0 Å². The summed E-state index contributed by atoms with van der Waals surface area (Å²) >= 11 is 3.40. The molecule has 3 heterocycles. The molecule has 2 N–H and O–H groups in total. The molecule has 164 valence electrons. The van der Waals surface area contributed by atoms with Crippen LogP contribution >= 0.6 is 15.9 Å². The largest absolute Gasteiger partial charge is 0.423 e. The van der Waals surface area contributed by atoms with Crippen molar-refractivity contribution in [2.24, 2.45) is 5.73 Å². The van der Waals surface area contributed by atoms with Crippen molar-refractivity contribution < 1.29 is 9.21 Å². The maximum absolute atomic E-state index is 11.5. The third-order valence-corrected chi connectivity index (χ3v) is 6.36. The molecular formula is C24H29BrN4O2. The van der Waals surface area contributed by atoms with E-state index in [0.717, 1.165) is 42.3 Å². The number of nitrogens with zero attached hydrogens (tertiary/aromatic N) is 3. The molecule has 0 spiro atoms. The lowest BCUT2D eigenvalue weighted by Crippen LogP contribution is -2.48. The normalized spacial score (nSPS) is 19.3. The topological polar surface area (TPSA) is 75.6 Å². The molecule has 6 nitrogen and oxygen atoms in total. The molecule has 2 aliphatic heterocycles. The van der Waals surface area contributed by atoms with Gasteiger partial charge >= 0.3 is 0 Å². The Kier molecular flexibility index (Phi) is 7.25. The predicted molar refractivity (Wildman–Crippen MR) is 127 cm³/mol. The zero-order chi connectivity index (χ0) is 21.6. The first-order valence-corrected chi connectivity index (χ1v) is 11.8. The quantitative estimate of drug-likeness (QED) is 0.579. The van der Waals surface area contributed by atoms with E-state index in [0.29, 0.717) is 11.6 Å². The van der Waals surface area contributed by atoms with Gasteiger partial charge in [0.25, 0.3) is 6.01 Å². The number of anilines is 1. The average Bonchev–Trinajstić information content (AvgIpc) is 3.44. The number of halogens is 1. The van der Waals surface area contributed by atoms with Gasteiger partial charge in [-0.25, -0.2) is 0 Å². The molecule has 1 aromatic heterocycles. The van der Waals surface area contributed by atoms with Crippen molar-refractivity contribution in [1.29, 1.82) is 0 Å². The fourth-order valence-corrected chi connectivity index (χ4v) is 4.59. The fraction of sp³-hybridized carbons (Fsp3) is 0.417. The van der Waals surface area contributed by atoms with Gasteiger partial charge in [0.2, 0.25) is 5.91 Å². The third kappa shape index (κ3) is 5.66. The number of rotatable bonds is 4. The molecule has 2 aliphatic rings. The SMILES string of the molecule is NC(=O)C1CCCCN1c1nc2ccc(Br)cc2o1.c1ccc(CN2CCCC2)cc1. The van der Waals surface area contributed by atoms with Gasteiger partial charge < -0.3 is 15.1 Å². The number of fused-ring (bicyclic) bond motifs is 1. The van der Waals surface area contributed by atoms with Crippen LogP contribution in [0.5, 0.6) is 0 Å². The number of oxazole rings is 1. The average molecular weight is 485 g/mol. The summed E-state index contributed by atoms with van der Waals surface area (Å²) in [7, 11) is 0. The molecule has 3 aromatic rings.